The molecule has 0 radical (unpaired) electrons. The minimum atomic E-state index is -4.59. The molecule has 0 aliphatic rings. The number of carbonyl (C=O) groups is 1. The van der Waals surface area contributed by atoms with Crippen molar-refractivity contribution in [1.82, 2.24) is 4.98 Å². The van der Waals surface area contributed by atoms with Gasteiger partial charge in [0.1, 0.15) is 5.03 Å². The molecule has 21 heavy (non-hydrogen) atoms. The van der Waals surface area contributed by atoms with Crippen molar-refractivity contribution >= 4 is 29.3 Å². The first kappa shape index (κ1) is 15.7. The number of hydrogen-bond acceptors (Lipinski definition) is 3. The van der Waals surface area contributed by atoms with Crippen LogP contribution in [0.15, 0.2) is 46.5 Å². The van der Waals surface area contributed by atoms with Crippen LogP contribution in [0, 0.1) is 0 Å². The predicted octanol–water partition coefficient (Wildman–Crippen LogP) is 4.60. The Hall–Kier alpha value is -1.73. The molecular weight excluding hydrogens is 327 g/mol. The Morgan fingerprint density at radius 2 is 1.95 bits per heavy atom. The van der Waals surface area contributed by atoms with Gasteiger partial charge in [-0.05, 0) is 30.3 Å². The molecular formula is C13H7ClF3NO2S. The highest BCUT2D eigenvalue weighted by Crippen LogP contribution is 2.35. The summed E-state index contributed by atoms with van der Waals surface area (Å²) >= 11 is 6.63. The number of halogens is 4. The molecule has 0 fully saturated rings. The van der Waals surface area contributed by atoms with Crippen molar-refractivity contribution in [3.8, 4) is 0 Å². The fourth-order valence-electron chi connectivity index (χ4n) is 1.50. The van der Waals surface area contributed by atoms with Gasteiger partial charge >= 0.3 is 12.1 Å². The third-order valence-electron chi connectivity index (χ3n) is 2.45. The van der Waals surface area contributed by atoms with Crippen molar-refractivity contribution in [1.29, 1.82) is 0 Å². The average molecular weight is 334 g/mol. The lowest BCUT2D eigenvalue weighted by Gasteiger charge is -2.10. The largest absolute Gasteiger partial charge is 0.478 e. The Labute approximate surface area is 126 Å². The minimum Gasteiger partial charge on any atom is -0.478 e. The highest BCUT2D eigenvalue weighted by molar-refractivity contribution is 7.99. The van der Waals surface area contributed by atoms with Crippen LogP contribution < -0.4 is 0 Å². The molecule has 0 spiro atoms. The number of benzene rings is 1. The molecule has 110 valence electrons. The minimum absolute atomic E-state index is 0.172. The Kier molecular flexibility index (Phi) is 4.43. The van der Waals surface area contributed by atoms with Crippen molar-refractivity contribution in [3.63, 3.8) is 0 Å². The van der Waals surface area contributed by atoms with Crippen LogP contribution in [0.2, 0.25) is 5.02 Å². The van der Waals surface area contributed by atoms with Gasteiger partial charge in [-0.15, -0.1) is 0 Å². The van der Waals surface area contributed by atoms with Crippen LogP contribution in [0.1, 0.15) is 15.9 Å². The zero-order chi connectivity index (χ0) is 15.6. The highest BCUT2D eigenvalue weighted by Gasteiger charge is 2.31. The van der Waals surface area contributed by atoms with E-state index in [0.29, 0.717) is 16.1 Å². The van der Waals surface area contributed by atoms with Gasteiger partial charge in [0, 0.05) is 11.1 Å². The topological polar surface area (TPSA) is 50.2 Å². The molecule has 1 aromatic heterocycles. The van der Waals surface area contributed by atoms with E-state index in [1.165, 1.54) is 6.20 Å². The van der Waals surface area contributed by atoms with Gasteiger partial charge in [-0.2, -0.15) is 13.2 Å². The molecule has 0 saturated carbocycles. The summed E-state index contributed by atoms with van der Waals surface area (Å²) in [4.78, 5) is 15.3. The van der Waals surface area contributed by atoms with Crippen LogP contribution in [0.5, 0.6) is 0 Å². The molecule has 1 aromatic carbocycles. The number of alkyl halides is 3. The van der Waals surface area contributed by atoms with Crippen LogP contribution in [-0.2, 0) is 6.18 Å². The lowest BCUT2D eigenvalue weighted by molar-refractivity contribution is -0.137. The van der Waals surface area contributed by atoms with Crippen molar-refractivity contribution in [2.75, 3.05) is 0 Å². The van der Waals surface area contributed by atoms with E-state index in [0.717, 1.165) is 23.9 Å². The average Bonchev–Trinajstić information content (AvgIpc) is 2.40. The molecule has 0 aliphatic heterocycles. The summed E-state index contributed by atoms with van der Waals surface area (Å²) in [5.41, 5.74) is -1.43. The molecule has 0 atom stereocenters. The number of pyridine rings is 1. The first-order valence-electron chi connectivity index (χ1n) is 5.51. The Morgan fingerprint density at radius 3 is 2.48 bits per heavy atom. The molecule has 2 rings (SSSR count). The Balaban J connectivity index is 2.39. The lowest BCUT2D eigenvalue weighted by atomic mass is 10.1. The molecule has 1 N–H and O–H groups in total. The van der Waals surface area contributed by atoms with Gasteiger partial charge in [-0.1, -0.05) is 23.4 Å². The number of aromatic carboxylic acids is 1. The third-order valence-corrected chi connectivity index (χ3v) is 3.70. The summed E-state index contributed by atoms with van der Waals surface area (Å²) in [6, 6.07) is 5.68. The molecule has 1 heterocycles. The van der Waals surface area contributed by atoms with Crippen LogP contribution in [-0.4, -0.2) is 16.1 Å². The fraction of sp³-hybridized carbons (Fsp3) is 0.0769. The number of carboxylic acid groups (broad SMARTS) is 1. The molecule has 2 aromatic rings. The molecule has 0 amide bonds. The monoisotopic (exact) mass is 333 g/mol. The van der Waals surface area contributed by atoms with Crippen LogP contribution in [0.4, 0.5) is 13.2 Å². The molecule has 0 aliphatic carbocycles. The summed E-state index contributed by atoms with van der Waals surface area (Å²) in [6.45, 7) is 0. The van der Waals surface area contributed by atoms with Crippen LogP contribution in [0.3, 0.4) is 0 Å². The van der Waals surface area contributed by atoms with Gasteiger partial charge in [0.05, 0.1) is 16.1 Å². The number of hydrogen-bond donors (Lipinski definition) is 1. The smallest absolute Gasteiger partial charge is 0.416 e. The highest BCUT2D eigenvalue weighted by atomic mass is 35.5. The molecule has 0 saturated heterocycles. The third kappa shape index (κ3) is 3.89. The van der Waals surface area contributed by atoms with Crippen LogP contribution >= 0.6 is 23.4 Å². The maximum Gasteiger partial charge on any atom is 0.416 e. The number of carboxylic acids is 1. The summed E-state index contributed by atoms with van der Waals surface area (Å²) in [6.07, 6.45) is -3.22. The van der Waals surface area contributed by atoms with Crippen molar-refractivity contribution in [2.24, 2.45) is 0 Å². The first-order valence-corrected chi connectivity index (χ1v) is 6.71. The van der Waals surface area contributed by atoms with Gasteiger partial charge in [0.25, 0.3) is 0 Å². The number of aromatic nitrogens is 1. The quantitative estimate of drug-likeness (QED) is 0.891. The molecule has 3 nitrogen and oxygen atoms in total. The predicted molar refractivity (Wildman–Crippen MR) is 71.8 cm³/mol. The van der Waals surface area contributed by atoms with E-state index >= 15 is 0 Å². The van der Waals surface area contributed by atoms with Gasteiger partial charge in [-0.3, -0.25) is 0 Å². The summed E-state index contributed by atoms with van der Waals surface area (Å²) < 4.78 is 37.8. The second-order valence-corrected chi connectivity index (χ2v) is 5.43. The maximum atomic E-state index is 12.6. The zero-order valence-corrected chi connectivity index (χ0v) is 11.8. The summed E-state index contributed by atoms with van der Waals surface area (Å²) in [7, 11) is 0. The van der Waals surface area contributed by atoms with Gasteiger partial charge in [0.15, 0.2) is 0 Å². The fourth-order valence-corrected chi connectivity index (χ4v) is 2.47. The van der Waals surface area contributed by atoms with Gasteiger partial charge in [0.2, 0.25) is 0 Å². The van der Waals surface area contributed by atoms with E-state index in [2.05, 4.69) is 4.98 Å². The SMILES string of the molecule is O=C(O)c1cc(C(F)(F)F)ccc1Sc1ccc(Cl)cn1. The summed E-state index contributed by atoms with van der Waals surface area (Å²) in [5.74, 6) is -1.43. The standard InChI is InChI=1S/C13H7ClF3NO2S/c14-8-2-4-11(18-6-8)21-10-3-1-7(13(15,16)17)5-9(10)12(19)20/h1-6H,(H,19,20). The van der Waals surface area contributed by atoms with E-state index in [9.17, 15) is 18.0 Å². The van der Waals surface area contributed by atoms with Gasteiger partial charge in [-0.25, -0.2) is 9.78 Å². The maximum absolute atomic E-state index is 12.6. The van der Waals surface area contributed by atoms with E-state index in [4.69, 9.17) is 16.7 Å². The van der Waals surface area contributed by atoms with E-state index < -0.39 is 23.3 Å². The van der Waals surface area contributed by atoms with E-state index in [1.807, 2.05) is 0 Å². The van der Waals surface area contributed by atoms with E-state index in [1.54, 1.807) is 12.1 Å². The van der Waals surface area contributed by atoms with Crippen LogP contribution in [0.25, 0.3) is 0 Å². The Bertz CT molecular complexity index is 674. The Morgan fingerprint density at radius 1 is 1.24 bits per heavy atom. The molecule has 0 unspecified atom stereocenters. The normalized spacial score (nSPS) is 11.4. The molecule has 8 heteroatoms. The molecule has 0 bridgehead atoms. The second kappa shape index (κ2) is 5.95. The van der Waals surface area contributed by atoms with E-state index in [-0.39, 0.29) is 4.90 Å². The van der Waals surface area contributed by atoms with Gasteiger partial charge < -0.3 is 5.11 Å². The summed E-state index contributed by atoms with van der Waals surface area (Å²) in [5, 5.41) is 9.90. The number of rotatable bonds is 3. The zero-order valence-electron chi connectivity index (χ0n) is 10.2. The lowest BCUT2D eigenvalue weighted by Crippen LogP contribution is -2.08. The first-order chi connectivity index (χ1) is 9.77. The number of nitrogens with zero attached hydrogens (tertiary/aromatic N) is 1. The van der Waals surface area contributed by atoms with Crippen molar-refractivity contribution in [3.05, 3.63) is 52.7 Å². The van der Waals surface area contributed by atoms with Crippen molar-refractivity contribution in [2.45, 2.75) is 16.1 Å². The second-order valence-electron chi connectivity index (χ2n) is 3.93. The van der Waals surface area contributed by atoms with Crippen molar-refractivity contribution < 1.29 is 23.1 Å².